The second kappa shape index (κ2) is 5.30. The second-order valence-corrected chi connectivity index (χ2v) is 4.98. The molecule has 6 heteroatoms. The van der Waals surface area contributed by atoms with Gasteiger partial charge in [-0.15, -0.1) is 11.3 Å². The Balaban J connectivity index is 2.39. The molecule has 0 aliphatic rings. The third kappa shape index (κ3) is 2.28. The topological polar surface area (TPSA) is 74.8 Å². The van der Waals surface area contributed by atoms with E-state index in [2.05, 4.69) is 15.3 Å². The predicted molar refractivity (Wildman–Crippen MR) is 70.8 cm³/mol. The SMILES string of the molecule is CNC(=O)C(CCC=O)c1csc2[nH]c(C)nc12. The summed E-state index contributed by atoms with van der Waals surface area (Å²) in [5.41, 5.74) is 1.75. The van der Waals surface area contributed by atoms with Crippen molar-refractivity contribution in [2.75, 3.05) is 7.05 Å². The van der Waals surface area contributed by atoms with E-state index in [9.17, 15) is 9.59 Å². The lowest BCUT2D eigenvalue weighted by Gasteiger charge is -2.12. The van der Waals surface area contributed by atoms with E-state index in [1.165, 1.54) is 11.3 Å². The van der Waals surface area contributed by atoms with Gasteiger partial charge in [0.1, 0.15) is 22.5 Å². The molecule has 2 rings (SSSR count). The van der Waals surface area contributed by atoms with Crippen LogP contribution in [0.3, 0.4) is 0 Å². The van der Waals surface area contributed by atoms with Gasteiger partial charge in [0, 0.05) is 19.0 Å². The molecule has 0 aromatic carbocycles. The van der Waals surface area contributed by atoms with Crippen LogP contribution in [0.2, 0.25) is 0 Å². The van der Waals surface area contributed by atoms with E-state index < -0.39 is 0 Å². The average Bonchev–Trinajstić information content (AvgIpc) is 2.89. The first-order valence-corrected chi connectivity index (χ1v) is 6.64. The Labute approximate surface area is 109 Å². The van der Waals surface area contributed by atoms with E-state index in [1.807, 2.05) is 12.3 Å². The summed E-state index contributed by atoms with van der Waals surface area (Å²) in [5, 5.41) is 4.59. The molecule has 0 saturated carbocycles. The number of aromatic nitrogens is 2. The van der Waals surface area contributed by atoms with Crippen LogP contribution < -0.4 is 5.32 Å². The second-order valence-electron chi connectivity index (χ2n) is 4.10. The number of H-pyrrole nitrogens is 1. The molecule has 1 amide bonds. The molecule has 1 atom stereocenters. The van der Waals surface area contributed by atoms with Gasteiger partial charge in [-0.25, -0.2) is 4.98 Å². The van der Waals surface area contributed by atoms with Crippen molar-refractivity contribution in [1.82, 2.24) is 15.3 Å². The zero-order valence-corrected chi connectivity index (χ0v) is 11.1. The van der Waals surface area contributed by atoms with Crippen LogP contribution in [0.1, 0.15) is 30.1 Å². The number of nitrogens with one attached hydrogen (secondary N) is 2. The standard InChI is InChI=1S/C12H15N3O2S/c1-7-14-10-9(6-18-12(10)15-7)8(4-3-5-16)11(17)13-2/h5-6,8H,3-4H2,1-2H3,(H,13,17)(H,14,15). The van der Waals surface area contributed by atoms with Gasteiger partial charge in [0.15, 0.2) is 0 Å². The summed E-state index contributed by atoms with van der Waals surface area (Å²) in [4.78, 5) is 30.9. The maximum Gasteiger partial charge on any atom is 0.227 e. The third-order valence-corrected chi connectivity index (χ3v) is 3.78. The fourth-order valence-corrected chi connectivity index (χ4v) is 3.02. The first kappa shape index (κ1) is 12.8. The van der Waals surface area contributed by atoms with Crippen molar-refractivity contribution in [3.63, 3.8) is 0 Å². The molecule has 1 unspecified atom stereocenters. The molecule has 0 bridgehead atoms. The molecule has 0 fully saturated rings. The molecule has 2 aromatic rings. The fraction of sp³-hybridized carbons (Fsp3) is 0.417. The Bertz CT molecular complexity index is 573. The van der Waals surface area contributed by atoms with Gasteiger partial charge in [-0.1, -0.05) is 0 Å². The van der Waals surface area contributed by atoms with E-state index in [-0.39, 0.29) is 11.8 Å². The Kier molecular flexibility index (Phi) is 3.76. The van der Waals surface area contributed by atoms with Gasteiger partial charge in [0.05, 0.1) is 5.92 Å². The minimum Gasteiger partial charge on any atom is -0.359 e. The Morgan fingerprint density at radius 1 is 1.67 bits per heavy atom. The number of hydrogen-bond donors (Lipinski definition) is 2. The lowest BCUT2D eigenvalue weighted by atomic mass is 9.95. The fourth-order valence-electron chi connectivity index (χ4n) is 2.01. The molecular formula is C12H15N3O2S. The number of imidazole rings is 1. The van der Waals surface area contributed by atoms with Crippen LogP contribution in [0, 0.1) is 6.92 Å². The van der Waals surface area contributed by atoms with E-state index in [0.29, 0.717) is 12.8 Å². The number of carbonyl (C=O) groups excluding carboxylic acids is 2. The number of aldehydes is 1. The third-order valence-electron chi connectivity index (χ3n) is 2.88. The van der Waals surface area contributed by atoms with Crippen LogP contribution >= 0.6 is 11.3 Å². The number of thiophene rings is 1. The Hall–Kier alpha value is -1.69. The van der Waals surface area contributed by atoms with Crippen LogP contribution in [0.5, 0.6) is 0 Å². The molecule has 0 radical (unpaired) electrons. The molecular weight excluding hydrogens is 250 g/mol. The molecule has 0 aliphatic heterocycles. The zero-order valence-electron chi connectivity index (χ0n) is 10.3. The molecule has 96 valence electrons. The van der Waals surface area contributed by atoms with Crippen LogP contribution in [-0.4, -0.2) is 29.2 Å². The highest BCUT2D eigenvalue weighted by Crippen LogP contribution is 2.32. The monoisotopic (exact) mass is 265 g/mol. The number of amides is 1. The van der Waals surface area contributed by atoms with Gasteiger partial charge >= 0.3 is 0 Å². The minimum absolute atomic E-state index is 0.0720. The predicted octanol–water partition coefficient (Wildman–Crippen LogP) is 1.74. The first-order chi connectivity index (χ1) is 8.67. The Morgan fingerprint density at radius 3 is 3.11 bits per heavy atom. The molecule has 2 heterocycles. The van der Waals surface area contributed by atoms with Crippen LogP contribution in [0.4, 0.5) is 0 Å². The highest BCUT2D eigenvalue weighted by atomic mass is 32.1. The number of rotatable bonds is 5. The molecule has 2 aromatic heterocycles. The number of carbonyl (C=O) groups is 2. The highest BCUT2D eigenvalue weighted by Gasteiger charge is 2.23. The van der Waals surface area contributed by atoms with Crippen LogP contribution in [-0.2, 0) is 9.59 Å². The lowest BCUT2D eigenvalue weighted by Crippen LogP contribution is -2.25. The summed E-state index contributed by atoms with van der Waals surface area (Å²) in [6.07, 6.45) is 1.73. The van der Waals surface area contributed by atoms with E-state index in [4.69, 9.17) is 0 Å². The van der Waals surface area contributed by atoms with Gasteiger partial charge in [-0.05, 0) is 18.7 Å². The van der Waals surface area contributed by atoms with Crippen molar-refractivity contribution in [2.24, 2.45) is 0 Å². The van der Waals surface area contributed by atoms with Crippen molar-refractivity contribution in [1.29, 1.82) is 0 Å². The summed E-state index contributed by atoms with van der Waals surface area (Å²) in [6, 6.07) is 0. The molecule has 0 saturated heterocycles. The molecule has 18 heavy (non-hydrogen) atoms. The Morgan fingerprint density at radius 2 is 2.44 bits per heavy atom. The number of aryl methyl sites for hydroxylation is 1. The molecule has 0 aliphatic carbocycles. The largest absolute Gasteiger partial charge is 0.359 e. The highest BCUT2D eigenvalue weighted by molar-refractivity contribution is 7.16. The summed E-state index contributed by atoms with van der Waals surface area (Å²) in [7, 11) is 1.61. The molecule has 5 nitrogen and oxygen atoms in total. The number of aromatic amines is 1. The van der Waals surface area contributed by atoms with Gasteiger partial charge in [-0.2, -0.15) is 0 Å². The van der Waals surface area contributed by atoms with E-state index >= 15 is 0 Å². The van der Waals surface area contributed by atoms with Crippen molar-refractivity contribution in [3.8, 4) is 0 Å². The summed E-state index contributed by atoms with van der Waals surface area (Å²) in [6.45, 7) is 1.89. The summed E-state index contributed by atoms with van der Waals surface area (Å²) in [5.74, 6) is 0.456. The lowest BCUT2D eigenvalue weighted by molar-refractivity contribution is -0.122. The molecule has 2 N–H and O–H groups in total. The number of likely N-dealkylation sites (N-methyl/N-ethyl adjacent to an activating group) is 1. The van der Waals surface area contributed by atoms with Crippen molar-refractivity contribution < 1.29 is 9.59 Å². The summed E-state index contributed by atoms with van der Waals surface area (Å²) >= 11 is 1.54. The molecule has 0 spiro atoms. The van der Waals surface area contributed by atoms with Gasteiger partial charge < -0.3 is 15.1 Å². The van der Waals surface area contributed by atoms with Crippen LogP contribution in [0.15, 0.2) is 5.38 Å². The van der Waals surface area contributed by atoms with Gasteiger partial charge in [0.2, 0.25) is 5.91 Å². The van der Waals surface area contributed by atoms with E-state index in [1.54, 1.807) is 7.05 Å². The van der Waals surface area contributed by atoms with E-state index in [0.717, 1.165) is 28.0 Å². The van der Waals surface area contributed by atoms with Crippen LogP contribution in [0.25, 0.3) is 10.3 Å². The minimum atomic E-state index is -0.309. The number of hydrogen-bond acceptors (Lipinski definition) is 4. The normalized spacial score (nSPS) is 12.6. The zero-order chi connectivity index (χ0) is 13.1. The number of fused-ring (bicyclic) bond motifs is 1. The maximum absolute atomic E-state index is 11.9. The van der Waals surface area contributed by atoms with Gasteiger partial charge in [0.25, 0.3) is 0 Å². The number of nitrogens with zero attached hydrogens (tertiary/aromatic N) is 1. The van der Waals surface area contributed by atoms with Crippen molar-refractivity contribution in [2.45, 2.75) is 25.7 Å². The maximum atomic E-state index is 11.9. The summed E-state index contributed by atoms with van der Waals surface area (Å²) < 4.78 is 0. The quantitative estimate of drug-likeness (QED) is 0.809. The average molecular weight is 265 g/mol. The van der Waals surface area contributed by atoms with Crippen molar-refractivity contribution >= 4 is 33.9 Å². The van der Waals surface area contributed by atoms with Gasteiger partial charge in [-0.3, -0.25) is 4.79 Å². The first-order valence-electron chi connectivity index (χ1n) is 5.76. The smallest absolute Gasteiger partial charge is 0.227 e. The van der Waals surface area contributed by atoms with Crippen molar-refractivity contribution in [3.05, 3.63) is 16.8 Å².